The van der Waals surface area contributed by atoms with Gasteiger partial charge in [0.2, 0.25) is 11.8 Å². The van der Waals surface area contributed by atoms with Crippen molar-refractivity contribution < 1.29 is 28.3 Å². The number of esters is 1. The first kappa shape index (κ1) is 27.0. The number of hydrogen-bond acceptors (Lipinski definition) is 6. The number of carbonyl (C=O) groups excluding carboxylic acids is 4. The van der Waals surface area contributed by atoms with Gasteiger partial charge in [0.25, 0.3) is 0 Å². The molecule has 34 heavy (non-hydrogen) atoms. The predicted octanol–water partition coefficient (Wildman–Crippen LogP) is 1.23. The molecule has 10 nitrogen and oxygen atoms in total. The van der Waals surface area contributed by atoms with Gasteiger partial charge < -0.3 is 30.9 Å². The highest BCUT2D eigenvalue weighted by atomic mass is 19.1. The number of ether oxygens (including phenoxy) is 1. The van der Waals surface area contributed by atoms with Crippen molar-refractivity contribution in [3.8, 4) is 0 Å². The second-order valence-corrected chi connectivity index (χ2v) is 8.64. The average Bonchev–Trinajstić information content (AvgIpc) is 2.80. The Morgan fingerprint density at radius 2 is 1.88 bits per heavy atom. The fraction of sp³-hybridized carbons (Fsp3) is 0.565. The molecule has 0 radical (unpaired) electrons. The molecular formula is C23H34FN5O5. The third-order valence-electron chi connectivity index (χ3n) is 5.83. The van der Waals surface area contributed by atoms with Crippen LogP contribution in [0.3, 0.4) is 0 Å². The standard InChI is InChI=1S/C23H34FN5O5/c1-13(2)19(22(32)34-5)28-20(30)18-12-17(9-10-29(18)21(31)14(3)25-4)27-23(33)26-16-8-6-7-15(24)11-16/h6-8,11,13-14,17-19,25H,9-10,12H2,1-5H3,(H,28,30)(H2,26,27,33). The van der Waals surface area contributed by atoms with Crippen LogP contribution >= 0.6 is 0 Å². The van der Waals surface area contributed by atoms with Crippen molar-refractivity contribution in [1.82, 2.24) is 20.9 Å². The zero-order chi connectivity index (χ0) is 25.4. The van der Waals surface area contributed by atoms with E-state index >= 15 is 0 Å². The minimum atomic E-state index is -0.901. The van der Waals surface area contributed by atoms with Gasteiger partial charge in [0.05, 0.1) is 13.2 Å². The number of anilines is 1. The molecular weight excluding hydrogens is 445 g/mol. The molecule has 4 N–H and O–H groups in total. The number of likely N-dealkylation sites (tertiary alicyclic amines) is 1. The van der Waals surface area contributed by atoms with Crippen molar-refractivity contribution in [2.75, 3.05) is 26.0 Å². The molecule has 4 unspecified atom stereocenters. The van der Waals surface area contributed by atoms with E-state index in [1.165, 1.54) is 30.2 Å². The third kappa shape index (κ3) is 7.14. The second kappa shape index (κ2) is 12.3. The summed E-state index contributed by atoms with van der Waals surface area (Å²) in [6.45, 7) is 5.48. The Hall–Kier alpha value is -3.21. The number of halogens is 1. The molecule has 1 saturated heterocycles. The number of hydrogen-bond donors (Lipinski definition) is 4. The number of amides is 4. The molecule has 4 amide bonds. The van der Waals surface area contributed by atoms with Gasteiger partial charge in [-0.25, -0.2) is 14.0 Å². The van der Waals surface area contributed by atoms with Gasteiger partial charge in [0, 0.05) is 18.3 Å². The van der Waals surface area contributed by atoms with E-state index in [0.29, 0.717) is 12.1 Å². The molecule has 1 aliphatic heterocycles. The summed E-state index contributed by atoms with van der Waals surface area (Å²) in [7, 11) is 2.89. The number of methoxy groups -OCH3 is 1. The molecule has 4 atom stereocenters. The maximum atomic E-state index is 13.4. The summed E-state index contributed by atoms with van der Waals surface area (Å²) in [5.41, 5.74) is 0.292. The number of nitrogens with one attached hydrogen (secondary N) is 4. The number of rotatable bonds is 8. The lowest BCUT2D eigenvalue weighted by molar-refractivity contribution is -0.149. The van der Waals surface area contributed by atoms with E-state index in [0.717, 1.165) is 0 Å². The number of urea groups is 1. The summed E-state index contributed by atoms with van der Waals surface area (Å²) in [4.78, 5) is 52.2. The molecule has 0 spiro atoms. The van der Waals surface area contributed by atoms with Crippen LogP contribution in [0.2, 0.25) is 0 Å². The summed E-state index contributed by atoms with van der Waals surface area (Å²) in [5.74, 6) is -2.05. The molecule has 0 aliphatic carbocycles. The molecule has 1 aromatic rings. The van der Waals surface area contributed by atoms with Crippen molar-refractivity contribution in [3.05, 3.63) is 30.1 Å². The molecule has 188 valence electrons. The molecule has 1 aliphatic rings. The maximum absolute atomic E-state index is 13.4. The van der Waals surface area contributed by atoms with Crippen molar-refractivity contribution in [2.45, 2.75) is 57.8 Å². The fourth-order valence-corrected chi connectivity index (χ4v) is 3.77. The zero-order valence-electron chi connectivity index (χ0n) is 20.2. The molecule has 0 bridgehead atoms. The summed E-state index contributed by atoms with van der Waals surface area (Å²) >= 11 is 0. The van der Waals surface area contributed by atoms with Crippen LogP contribution in [-0.4, -0.2) is 73.6 Å². The Morgan fingerprint density at radius 3 is 2.47 bits per heavy atom. The van der Waals surface area contributed by atoms with Crippen molar-refractivity contribution >= 4 is 29.5 Å². The highest BCUT2D eigenvalue weighted by Crippen LogP contribution is 2.20. The van der Waals surface area contributed by atoms with Crippen LogP contribution in [-0.2, 0) is 19.1 Å². The van der Waals surface area contributed by atoms with Gasteiger partial charge in [-0.15, -0.1) is 0 Å². The summed E-state index contributed by atoms with van der Waals surface area (Å²) in [6.07, 6.45) is 0.573. The third-order valence-corrected chi connectivity index (χ3v) is 5.83. The topological polar surface area (TPSA) is 129 Å². The normalized spacial score (nSPS) is 19.7. The van der Waals surface area contributed by atoms with E-state index in [4.69, 9.17) is 4.74 Å². The Morgan fingerprint density at radius 1 is 1.18 bits per heavy atom. The van der Waals surface area contributed by atoms with Gasteiger partial charge in [0.15, 0.2) is 0 Å². The SMILES string of the molecule is CNC(C)C(=O)N1CCC(NC(=O)Nc2cccc(F)c2)CC1C(=O)NC(C(=O)OC)C(C)C. The van der Waals surface area contributed by atoms with E-state index in [1.54, 1.807) is 33.9 Å². The fourth-order valence-electron chi connectivity index (χ4n) is 3.77. The van der Waals surface area contributed by atoms with E-state index in [1.807, 2.05) is 0 Å². The first-order valence-electron chi connectivity index (χ1n) is 11.3. The molecule has 1 fully saturated rings. The lowest BCUT2D eigenvalue weighted by Crippen LogP contribution is -2.61. The van der Waals surface area contributed by atoms with Crippen molar-refractivity contribution in [1.29, 1.82) is 0 Å². The first-order valence-corrected chi connectivity index (χ1v) is 11.3. The van der Waals surface area contributed by atoms with Crippen LogP contribution in [0.4, 0.5) is 14.9 Å². The summed E-state index contributed by atoms with van der Waals surface area (Å²) < 4.78 is 18.2. The summed E-state index contributed by atoms with van der Waals surface area (Å²) in [6, 6.07) is 2.23. The monoisotopic (exact) mass is 479 g/mol. The van der Waals surface area contributed by atoms with Gasteiger partial charge in [0.1, 0.15) is 17.9 Å². The van der Waals surface area contributed by atoms with Gasteiger partial charge in [-0.1, -0.05) is 19.9 Å². The van der Waals surface area contributed by atoms with Gasteiger partial charge in [-0.05, 0) is 50.9 Å². The molecule has 2 rings (SSSR count). The molecule has 0 aromatic heterocycles. The quantitative estimate of drug-likeness (QED) is 0.415. The molecule has 1 aromatic carbocycles. The number of nitrogens with zero attached hydrogens (tertiary/aromatic N) is 1. The highest BCUT2D eigenvalue weighted by Gasteiger charge is 2.39. The van der Waals surface area contributed by atoms with Crippen LogP contribution in [0, 0.1) is 11.7 Å². The minimum absolute atomic E-state index is 0.149. The predicted molar refractivity (Wildman–Crippen MR) is 124 cm³/mol. The lowest BCUT2D eigenvalue weighted by atomic mass is 9.94. The maximum Gasteiger partial charge on any atom is 0.328 e. The number of piperidine rings is 1. The molecule has 0 saturated carbocycles. The zero-order valence-corrected chi connectivity index (χ0v) is 20.2. The van der Waals surface area contributed by atoms with E-state index in [2.05, 4.69) is 21.3 Å². The largest absolute Gasteiger partial charge is 0.467 e. The van der Waals surface area contributed by atoms with Gasteiger partial charge >= 0.3 is 12.0 Å². The van der Waals surface area contributed by atoms with Crippen molar-refractivity contribution in [2.24, 2.45) is 5.92 Å². The van der Waals surface area contributed by atoms with Crippen LogP contribution in [0.25, 0.3) is 0 Å². The number of benzene rings is 1. The second-order valence-electron chi connectivity index (χ2n) is 8.64. The molecule has 1 heterocycles. The Balaban J connectivity index is 2.15. The minimum Gasteiger partial charge on any atom is -0.467 e. The van der Waals surface area contributed by atoms with Crippen molar-refractivity contribution in [3.63, 3.8) is 0 Å². The van der Waals surface area contributed by atoms with Crippen LogP contribution in [0.1, 0.15) is 33.6 Å². The highest BCUT2D eigenvalue weighted by molar-refractivity contribution is 5.93. The van der Waals surface area contributed by atoms with E-state index in [-0.39, 0.29) is 24.8 Å². The van der Waals surface area contributed by atoms with E-state index in [9.17, 15) is 23.6 Å². The lowest BCUT2D eigenvalue weighted by Gasteiger charge is -2.40. The average molecular weight is 480 g/mol. The smallest absolute Gasteiger partial charge is 0.328 e. The summed E-state index contributed by atoms with van der Waals surface area (Å²) in [5, 5.41) is 10.9. The number of carbonyl (C=O) groups is 4. The Labute approximate surface area is 199 Å². The number of likely N-dealkylation sites (N-methyl/N-ethyl adjacent to an activating group) is 1. The Bertz CT molecular complexity index is 896. The van der Waals surface area contributed by atoms with Gasteiger partial charge in [-0.2, -0.15) is 0 Å². The van der Waals surface area contributed by atoms with Crippen LogP contribution in [0.5, 0.6) is 0 Å². The molecule has 11 heteroatoms. The van der Waals surface area contributed by atoms with Crippen LogP contribution in [0.15, 0.2) is 24.3 Å². The Kier molecular flexibility index (Phi) is 9.79. The van der Waals surface area contributed by atoms with Gasteiger partial charge in [-0.3, -0.25) is 9.59 Å². The first-order chi connectivity index (χ1) is 16.1. The van der Waals surface area contributed by atoms with Crippen LogP contribution < -0.4 is 21.3 Å². The van der Waals surface area contributed by atoms with E-state index < -0.39 is 47.9 Å².